The molecule has 5 nitrogen and oxygen atoms in total. The average Bonchev–Trinajstić information content (AvgIpc) is 2.19. The van der Waals surface area contributed by atoms with Crippen LogP contribution in [-0.2, 0) is 9.59 Å². The van der Waals surface area contributed by atoms with Crippen molar-refractivity contribution in [2.75, 3.05) is 12.4 Å². The van der Waals surface area contributed by atoms with Crippen molar-refractivity contribution in [2.24, 2.45) is 0 Å². The minimum absolute atomic E-state index is 0. The van der Waals surface area contributed by atoms with Crippen molar-refractivity contribution < 1.29 is 54.5 Å². The van der Waals surface area contributed by atoms with Crippen LogP contribution in [0.1, 0.15) is 0 Å². The number of rotatable bonds is 3. The van der Waals surface area contributed by atoms with Crippen LogP contribution < -0.4 is 34.7 Å². The summed E-state index contributed by atoms with van der Waals surface area (Å²) in [6.45, 7) is 6.04. The summed E-state index contributed by atoms with van der Waals surface area (Å²) in [4.78, 5) is 18.4. The minimum atomic E-state index is -1.23. The third-order valence-corrected chi connectivity index (χ3v) is 0.641. The molecule has 0 heterocycles. The summed E-state index contributed by atoms with van der Waals surface area (Å²) < 4.78 is 0. The van der Waals surface area contributed by atoms with E-state index in [9.17, 15) is 4.79 Å². The number of hydrogen-bond donors (Lipinski definition) is 3. The van der Waals surface area contributed by atoms with Gasteiger partial charge in [0.15, 0.2) is 0 Å². The SMILES string of the molecule is C=CC(=O)O.C=CC(=O)[O-].OCCS.[Na+]. The van der Waals surface area contributed by atoms with Gasteiger partial charge in [-0.2, -0.15) is 12.6 Å². The fourth-order valence-electron chi connectivity index (χ4n) is 0. The van der Waals surface area contributed by atoms with E-state index in [1.54, 1.807) is 0 Å². The molecule has 0 aromatic heterocycles. The van der Waals surface area contributed by atoms with Gasteiger partial charge in [0.1, 0.15) is 0 Å². The second-order valence-electron chi connectivity index (χ2n) is 1.51. The number of aliphatic hydroxyl groups is 1. The van der Waals surface area contributed by atoms with Crippen LogP contribution in [0.5, 0.6) is 0 Å². The molecule has 0 radical (unpaired) electrons. The number of carboxylic acids is 2. The normalized spacial score (nSPS) is 6.27. The van der Waals surface area contributed by atoms with Gasteiger partial charge in [-0.25, -0.2) is 4.79 Å². The molecular formula is C8H13NaO5S. The zero-order valence-corrected chi connectivity index (χ0v) is 11.4. The van der Waals surface area contributed by atoms with Crippen LogP contribution >= 0.6 is 12.6 Å². The van der Waals surface area contributed by atoms with E-state index in [1.807, 2.05) is 0 Å². The first-order valence-electron chi connectivity index (χ1n) is 3.36. The van der Waals surface area contributed by atoms with Gasteiger partial charge in [-0.1, -0.05) is 13.2 Å². The average molecular weight is 244 g/mol. The molecule has 0 aliphatic heterocycles. The molecule has 7 heteroatoms. The number of aliphatic carboxylic acids is 2. The topological polar surface area (TPSA) is 97.7 Å². The smallest absolute Gasteiger partial charge is 0.545 e. The second kappa shape index (κ2) is 23.5. The predicted molar refractivity (Wildman–Crippen MR) is 54.0 cm³/mol. The summed E-state index contributed by atoms with van der Waals surface area (Å²) in [5.74, 6) is -1.64. The molecule has 0 rings (SSSR count). The molecule has 0 spiro atoms. The fraction of sp³-hybridized carbons (Fsp3) is 0.250. The molecule has 0 aliphatic carbocycles. The van der Waals surface area contributed by atoms with Gasteiger partial charge in [0.25, 0.3) is 0 Å². The van der Waals surface area contributed by atoms with E-state index in [-0.39, 0.29) is 36.2 Å². The molecule has 15 heavy (non-hydrogen) atoms. The third kappa shape index (κ3) is 84.4. The van der Waals surface area contributed by atoms with Gasteiger partial charge in [0, 0.05) is 11.8 Å². The third-order valence-electron chi connectivity index (χ3n) is 0.441. The zero-order chi connectivity index (χ0) is 12.0. The Bertz CT molecular complexity index is 164. The Morgan fingerprint density at radius 2 is 1.53 bits per heavy atom. The predicted octanol–water partition coefficient (Wildman–Crippen LogP) is -3.91. The second-order valence-corrected chi connectivity index (χ2v) is 1.96. The van der Waals surface area contributed by atoms with E-state index in [0.717, 1.165) is 12.2 Å². The first kappa shape index (κ1) is 24.1. The largest absolute Gasteiger partial charge is 1.00 e. The number of carbonyl (C=O) groups excluding carboxylic acids is 1. The Morgan fingerprint density at radius 1 is 1.33 bits per heavy atom. The molecule has 0 bridgehead atoms. The van der Waals surface area contributed by atoms with E-state index in [4.69, 9.17) is 20.1 Å². The number of carbonyl (C=O) groups is 2. The van der Waals surface area contributed by atoms with Crippen LogP contribution in [0.4, 0.5) is 0 Å². The Kier molecular flexibility index (Phi) is 37.8. The van der Waals surface area contributed by atoms with Gasteiger partial charge >= 0.3 is 35.5 Å². The van der Waals surface area contributed by atoms with Crippen molar-refractivity contribution in [1.29, 1.82) is 0 Å². The Morgan fingerprint density at radius 3 is 1.53 bits per heavy atom. The summed E-state index contributed by atoms with van der Waals surface area (Å²) in [7, 11) is 0. The molecule has 0 unspecified atom stereocenters. The van der Waals surface area contributed by atoms with Gasteiger partial charge < -0.3 is 20.1 Å². The van der Waals surface area contributed by atoms with E-state index >= 15 is 0 Å². The molecule has 0 aromatic rings. The van der Waals surface area contributed by atoms with Crippen molar-refractivity contribution in [3.8, 4) is 0 Å². The summed E-state index contributed by atoms with van der Waals surface area (Å²) in [6.07, 6.45) is 1.56. The van der Waals surface area contributed by atoms with Crippen LogP contribution in [0.3, 0.4) is 0 Å². The molecule has 0 aliphatic rings. The minimum Gasteiger partial charge on any atom is -0.545 e. The Hall–Kier alpha value is -0.270. The number of thiol groups is 1. The Balaban J connectivity index is -0.0000000590. The molecule has 2 N–H and O–H groups in total. The van der Waals surface area contributed by atoms with E-state index in [0.29, 0.717) is 5.75 Å². The van der Waals surface area contributed by atoms with Crippen molar-refractivity contribution in [2.45, 2.75) is 0 Å². The van der Waals surface area contributed by atoms with Crippen molar-refractivity contribution >= 4 is 24.6 Å². The number of aliphatic hydroxyl groups excluding tert-OH is 1. The summed E-state index contributed by atoms with van der Waals surface area (Å²) in [6, 6.07) is 0. The van der Waals surface area contributed by atoms with Crippen LogP contribution in [0.25, 0.3) is 0 Å². The summed E-state index contributed by atoms with van der Waals surface area (Å²) in [5.41, 5.74) is 0. The van der Waals surface area contributed by atoms with Crippen molar-refractivity contribution in [1.82, 2.24) is 0 Å². The first-order valence-corrected chi connectivity index (χ1v) is 3.99. The summed E-state index contributed by atoms with van der Waals surface area (Å²) >= 11 is 3.67. The molecule has 0 atom stereocenters. The maximum absolute atomic E-state index is 9.25. The van der Waals surface area contributed by atoms with Gasteiger partial charge in [0.2, 0.25) is 0 Å². The maximum Gasteiger partial charge on any atom is 1.00 e. The first-order chi connectivity index (χ1) is 6.45. The van der Waals surface area contributed by atoms with Crippen LogP contribution in [-0.4, -0.2) is 34.5 Å². The molecule has 0 amide bonds. The van der Waals surface area contributed by atoms with Gasteiger partial charge in [-0.3, -0.25) is 0 Å². The number of hydrogen-bond acceptors (Lipinski definition) is 5. The number of carboxylic acid groups (broad SMARTS) is 2. The molecule has 0 saturated carbocycles. The van der Waals surface area contributed by atoms with Gasteiger partial charge in [-0.15, -0.1) is 0 Å². The maximum atomic E-state index is 9.25. The Labute approximate surface area is 116 Å². The van der Waals surface area contributed by atoms with Crippen LogP contribution in [0.2, 0.25) is 0 Å². The molecule has 0 fully saturated rings. The quantitative estimate of drug-likeness (QED) is 0.268. The van der Waals surface area contributed by atoms with Crippen LogP contribution in [0.15, 0.2) is 25.3 Å². The molecular weight excluding hydrogens is 231 g/mol. The van der Waals surface area contributed by atoms with E-state index < -0.39 is 11.9 Å². The van der Waals surface area contributed by atoms with Crippen molar-refractivity contribution in [3.63, 3.8) is 0 Å². The molecule has 0 aromatic carbocycles. The van der Waals surface area contributed by atoms with E-state index in [1.165, 1.54) is 0 Å². The zero-order valence-electron chi connectivity index (χ0n) is 8.55. The van der Waals surface area contributed by atoms with Crippen LogP contribution in [0, 0.1) is 0 Å². The fourth-order valence-corrected chi connectivity index (χ4v) is 0. The van der Waals surface area contributed by atoms with Crippen molar-refractivity contribution in [3.05, 3.63) is 25.3 Å². The molecule has 0 saturated heterocycles. The standard InChI is InChI=1S/2C3H4O2.C2H6OS.Na/c2*1-2-3(4)5;3-1-2-4;/h2*2H,1H2,(H,4,5);3-4H,1-2H2;/q;;;+1/p-1. The summed E-state index contributed by atoms with van der Waals surface area (Å²) in [5, 5.41) is 24.5. The van der Waals surface area contributed by atoms with Gasteiger partial charge in [0.05, 0.1) is 12.6 Å². The van der Waals surface area contributed by atoms with E-state index in [2.05, 4.69) is 25.8 Å². The van der Waals surface area contributed by atoms with Gasteiger partial charge in [-0.05, 0) is 6.08 Å². The molecule has 82 valence electrons. The monoisotopic (exact) mass is 244 g/mol.